The van der Waals surface area contributed by atoms with Crippen LogP contribution in [0.15, 0.2) is 30.3 Å². The Morgan fingerprint density at radius 3 is 2.57 bits per heavy atom. The van der Waals surface area contributed by atoms with Gasteiger partial charge in [0.15, 0.2) is 0 Å². The first-order valence-electron chi connectivity index (χ1n) is 8.51. The van der Waals surface area contributed by atoms with Gasteiger partial charge in [0.2, 0.25) is 11.8 Å². The number of nitrogens with two attached hydrogens (primary N) is 1. The van der Waals surface area contributed by atoms with Crippen molar-refractivity contribution in [2.45, 2.75) is 31.7 Å². The summed E-state index contributed by atoms with van der Waals surface area (Å²) >= 11 is 0. The molecule has 2 aliphatic heterocycles. The number of hydrogen-bond donors (Lipinski definition) is 1. The monoisotopic (exact) mass is 315 g/mol. The number of nitrogens with zero attached hydrogens (tertiary/aromatic N) is 2. The van der Waals surface area contributed by atoms with E-state index in [1.54, 1.807) is 0 Å². The second-order valence-corrected chi connectivity index (χ2v) is 6.62. The zero-order valence-electron chi connectivity index (χ0n) is 13.5. The van der Waals surface area contributed by atoms with E-state index in [9.17, 15) is 9.59 Å². The number of piperidine rings is 1. The summed E-state index contributed by atoms with van der Waals surface area (Å²) in [6.07, 6.45) is 3.88. The quantitative estimate of drug-likeness (QED) is 0.916. The maximum absolute atomic E-state index is 12.6. The highest BCUT2D eigenvalue weighted by molar-refractivity contribution is 5.81. The molecule has 0 saturated carbocycles. The van der Waals surface area contributed by atoms with Gasteiger partial charge in [-0.1, -0.05) is 30.3 Å². The van der Waals surface area contributed by atoms with Crippen molar-refractivity contribution >= 4 is 11.8 Å². The molecule has 2 heterocycles. The van der Waals surface area contributed by atoms with Crippen LogP contribution in [-0.4, -0.2) is 47.8 Å². The third-order valence-corrected chi connectivity index (χ3v) is 5.06. The smallest absolute Gasteiger partial charge is 0.236 e. The summed E-state index contributed by atoms with van der Waals surface area (Å²) in [5.41, 5.74) is 6.69. The molecule has 0 spiro atoms. The molecule has 1 aromatic carbocycles. The average molecular weight is 315 g/mol. The molecule has 124 valence electrons. The van der Waals surface area contributed by atoms with Crippen LogP contribution in [0.25, 0.3) is 0 Å². The van der Waals surface area contributed by atoms with Gasteiger partial charge in [-0.15, -0.1) is 0 Å². The normalized spacial score (nSPS) is 25.5. The van der Waals surface area contributed by atoms with E-state index in [-0.39, 0.29) is 17.7 Å². The molecule has 0 aliphatic carbocycles. The third-order valence-electron chi connectivity index (χ3n) is 5.06. The minimum atomic E-state index is -0.286. The fourth-order valence-electron chi connectivity index (χ4n) is 3.78. The molecule has 5 nitrogen and oxygen atoms in total. The molecule has 1 aromatic rings. The molecule has 2 unspecified atom stereocenters. The summed E-state index contributed by atoms with van der Waals surface area (Å²) in [6.45, 7) is 2.62. The van der Waals surface area contributed by atoms with Gasteiger partial charge in [0.05, 0.1) is 12.5 Å². The first-order chi connectivity index (χ1) is 11.1. The van der Waals surface area contributed by atoms with Crippen molar-refractivity contribution in [1.29, 1.82) is 0 Å². The molecule has 2 atom stereocenters. The predicted octanol–water partition coefficient (Wildman–Crippen LogP) is 1.55. The van der Waals surface area contributed by atoms with E-state index in [4.69, 9.17) is 5.73 Å². The molecular formula is C18H25N3O2. The Kier molecular flexibility index (Phi) is 4.96. The van der Waals surface area contributed by atoms with Crippen LogP contribution in [0.4, 0.5) is 0 Å². The lowest BCUT2D eigenvalue weighted by atomic mass is 9.97. The maximum Gasteiger partial charge on any atom is 0.236 e. The average Bonchev–Trinajstić information content (AvgIpc) is 3.04. The highest BCUT2D eigenvalue weighted by atomic mass is 16.2. The van der Waals surface area contributed by atoms with Crippen molar-refractivity contribution in [3.63, 3.8) is 0 Å². The van der Waals surface area contributed by atoms with Crippen molar-refractivity contribution < 1.29 is 9.59 Å². The highest BCUT2D eigenvalue weighted by Crippen LogP contribution is 2.31. The lowest BCUT2D eigenvalue weighted by Gasteiger charge is -2.33. The number of amides is 2. The van der Waals surface area contributed by atoms with Gasteiger partial charge in [0.25, 0.3) is 0 Å². The second kappa shape index (κ2) is 7.13. The van der Waals surface area contributed by atoms with E-state index >= 15 is 0 Å². The van der Waals surface area contributed by atoms with Crippen LogP contribution in [0, 0.1) is 5.92 Å². The number of hydrogen-bond acceptors (Lipinski definition) is 3. The Bertz CT molecular complexity index is 561. The van der Waals surface area contributed by atoms with Crippen molar-refractivity contribution in [1.82, 2.24) is 9.80 Å². The van der Waals surface area contributed by atoms with Crippen molar-refractivity contribution in [3.8, 4) is 0 Å². The minimum Gasteiger partial charge on any atom is -0.369 e. The molecular weight excluding hydrogens is 290 g/mol. The van der Waals surface area contributed by atoms with Gasteiger partial charge in [-0.05, 0) is 37.8 Å². The molecule has 2 saturated heterocycles. The topological polar surface area (TPSA) is 66.6 Å². The molecule has 5 heteroatoms. The second-order valence-electron chi connectivity index (χ2n) is 6.62. The molecule has 0 aromatic heterocycles. The molecule has 3 rings (SSSR count). The first kappa shape index (κ1) is 16.0. The fourth-order valence-corrected chi connectivity index (χ4v) is 3.78. The number of carbonyl (C=O) groups excluding carboxylic acids is 2. The van der Waals surface area contributed by atoms with Gasteiger partial charge in [-0.3, -0.25) is 14.5 Å². The zero-order chi connectivity index (χ0) is 16.2. The van der Waals surface area contributed by atoms with E-state index in [0.29, 0.717) is 19.1 Å². The number of primary amides is 1. The van der Waals surface area contributed by atoms with Gasteiger partial charge < -0.3 is 10.6 Å². The van der Waals surface area contributed by atoms with Gasteiger partial charge in [-0.2, -0.15) is 0 Å². The zero-order valence-corrected chi connectivity index (χ0v) is 13.5. The molecule has 2 fully saturated rings. The van der Waals surface area contributed by atoms with Crippen LogP contribution < -0.4 is 5.73 Å². The van der Waals surface area contributed by atoms with Crippen LogP contribution in [0.3, 0.4) is 0 Å². The largest absolute Gasteiger partial charge is 0.369 e. The Morgan fingerprint density at radius 2 is 1.83 bits per heavy atom. The van der Waals surface area contributed by atoms with E-state index in [0.717, 1.165) is 38.8 Å². The molecule has 2 amide bonds. The number of benzene rings is 1. The SMILES string of the molecule is NC(=O)C1CCCN(C(=O)CN2CCCC2c2ccccc2)C1. The summed E-state index contributed by atoms with van der Waals surface area (Å²) in [7, 11) is 0. The van der Waals surface area contributed by atoms with E-state index in [2.05, 4.69) is 29.2 Å². The van der Waals surface area contributed by atoms with Crippen molar-refractivity contribution in [2.24, 2.45) is 11.7 Å². The summed E-state index contributed by atoms with van der Waals surface area (Å²) in [5.74, 6) is -0.346. The van der Waals surface area contributed by atoms with Crippen LogP contribution in [0.1, 0.15) is 37.3 Å². The Balaban J connectivity index is 1.62. The van der Waals surface area contributed by atoms with Gasteiger partial charge >= 0.3 is 0 Å². The number of likely N-dealkylation sites (tertiary alicyclic amines) is 2. The molecule has 0 bridgehead atoms. The Morgan fingerprint density at radius 1 is 1.09 bits per heavy atom. The van der Waals surface area contributed by atoms with Gasteiger partial charge in [0, 0.05) is 19.1 Å². The summed E-state index contributed by atoms with van der Waals surface area (Å²) in [6, 6.07) is 10.7. The van der Waals surface area contributed by atoms with Crippen LogP contribution in [0.2, 0.25) is 0 Å². The Labute approximate surface area is 137 Å². The number of rotatable bonds is 4. The van der Waals surface area contributed by atoms with Crippen molar-refractivity contribution in [3.05, 3.63) is 35.9 Å². The molecule has 23 heavy (non-hydrogen) atoms. The predicted molar refractivity (Wildman–Crippen MR) is 88.5 cm³/mol. The molecule has 2 aliphatic rings. The van der Waals surface area contributed by atoms with Crippen LogP contribution >= 0.6 is 0 Å². The lowest BCUT2D eigenvalue weighted by Crippen LogP contribution is -2.47. The van der Waals surface area contributed by atoms with E-state index in [1.165, 1.54) is 5.56 Å². The summed E-state index contributed by atoms with van der Waals surface area (Å²) < 4.78 is 0. The molecule has 0 radical (unpaired) electrons. The standard InChI is InChI=1S/C18H25N3O2/c19-18(23)15-8-4-11-21(12-15)17(22)13-20-10-5-9-16(20)14-6-2-1-3-7-14/h1-3,6-7,15-16H,4-5,8-13H2,(H2,19,23). The molecule has 2 N–H and O–H groups in total. The maximum atomic E-state index is 12.6. The first-order valence-corrected chi connectivity index (χ1v) is 8.51. The highest BCUT2D eigenvalue weighted by Gasteiger charge is 2.31. The van der Waals surface area contributed by atoms with Gasteiger partial charge in [0.1, 0.15) is 0 Å². The van der Waals surface area contributed by atoms with E-state index in [1.807, 2.05) is 11.0 Å². The fraction of sp³-hybridized carbons (Fsp3) is 0.556. The minimum absolute atomic E-state index is 0.124. The van der Waals surface area contributed by atoms with Crippen molar-refractivity contribution in [2.75, 3.05) is 26.2 Å². The van der Waals surface area contributed by atoms with Gasteiger partial charge in [-0.25, -0.2) is 0 Å². The van der Waals surface area contributed by atoms with Crippen LogP contribution in [0.5, 0.6) is 0 Å². The lowest BCUT2D eigenvalue weighted by molar-refractivity contribution is -0.136. The van der Waals surface area contributed by atoms with Crippen LogP contribution in [-0.2, 0) is 9.59 Å². The Hall–Kier alpha value is -1.88. The third kappa shape index (κ3) is 3.72. The number of carbonyl (C=O) groups is 2. The van der Waals surface area contributed by atoms with E-state index < -0.39 is 0 Å². The summed E-state index contributed by atoms with van der Waals surface area (Å²) in [4.78, 5) is 28.1. The summed E-state index contributed by atoms with van der Waals surface area (Å²) in [5, 5.41) is 0.